The fraction of sp³-hybridized carbons (Fsp3) is 0.500. The maximum atomic E-state index is 12.6. The minimum Gasteiger partial charge on any atom is -0.315 e. The lowest BCUT2D eigenvalue weighted by molar-refractivity contribution is -0.384. The van der Waals surface area contributed by atoms with E-state index in [1.54, 1.807) is 0 Å². The third-order valence-electron chi connectivity index (χ3n) is 3.67. The van der Waals surface area contributed by atoms with E-state index in [2.05, 4.69) is 0 Å². The number of halogens is 1. The molecule has 7 nitrogen and oxygen atoms in total. The smallest absolute Gasteiger partial charge is 0.289 e. The molecule has 1 fully saturated rings. The molecule has 116 valence electrons. The minimum atomic E-state index is -3.87. The van der Waals surface area contributed by atoms with Gasteiger partial charge in [0.2, 0.25) is 10.0 Å². The Morgan fingerprint density at radius 1 is 1.48 bits per heavy atom. The van der Waals surface area contributed by atoms with Gasteiger partial charge in [-0.1, -0.05) is 18.5 Å². The highest BCUT2D eigenvalue weighted by atomic mass is 35.5. The lowest BCUT2D eigenvalue weighted by atomic mass is 9.99. The molecule has 2 atom stereocenters. The van der Waals surface area contributed by atoms with Crippen LogP contribution in [0.25, 0.3) is 0 Å². The van der Waals surface area contributed by atoms with Gasteiger partial charge in [0.05, 0.1) is 16.0 Å². The number of benzene rings is 1. The molecular weight excluding hydrogens is 318 g/mol. The Bertz CT molecular complexity index is 664. The first-order valence-electron chi connectivity index (χ1n) is 6.46. The summed E-state index contributed by atoms with van der Waals surface area (Å²) in [5, 5.41) is 10.8. The largest absolute Gasteiger partial charge is 0.315 e. The number of nitrogens with two attached hydrogens (primary N) is 1. The molecule has 1 aromatic rings. The maximum Gasteiger partial charge on any atom is 0.289 e. The molecule has 2 unspecified atom stereocenters. The van der Waals surface area contributed by atoms with E-state index in [1.165, 1.54) is 16.4 Å². The zero-order valence-electron chi connectivity index (χ0n) is 11.4. The summed E-state index contributed by atoms with van der Waals surface area (Å²) < 4.78 is 26.4. The predicted octanol–water partition coefficient (Wildman–Crippen LogP) is 1.95. The second-order valence-electron chi connectivity index (χ2n) is 5.10. The molecule has 2 rings (SSSR count). The number of hydrogen-bond acceptors (Lipinski definition) is 5. The highest BCUT2D eigenvalue weighted by Gasteiger charge is 2.35. The van der Waals surface area contributed by atoms with Crippen LogP contribution >= 0.6 is 11.6 Å². The molecule has 0 bridgehead atoms. The van der Waals surface area contributed by atoms with Crippen LogP contribution in [-0.4, -0.2) is 30.4 Å². The van der Waals surface area contributed by atoms with Crippen LogP contribution in [0.3, 0.4) is 0 Å². The van der Waals surface area contributed by atoms with Crippen molar-refractivity contribution in [3.05, 3.63) is 33.3 Å². The summed E-state index contributed by atoms with van der Waals surface area (Å²) in [7, 11) is -3.87. The van der Waals surface area contributed by atoms with Crippen molar-refractivity contribution in [1.29, 1.82) is 0 Å². The summed E-state index contributed by atoms with van der Waals surface area (Å²) in [6.07, 6.45) is 0.941. The van der Waals surface area contributed by atoms with Crippen molar-refractivity contribution in [2.45, 2.75) is 30.8 Å². The van der Waals surface area contributed by atoms with Crippen molar-refractivity contribution in [1.82, 2.24) is 4.31 Å². The molecule has 1 aliphatic rings. The zero-order valence-corrected chi connectivity index (χ0v) is 13.0. The van der Waals surface area contributed by atoms with Crippen LogP contribution < -0.4 is 5.73 Å². The van der Waals surface area contributed by atoms with Gasteiger partial charge >= 0.3 is 0 Å². The fourth-order valence-electron chi connectivity index (χ4n) is 2.38. The number of nitrogens with zero attached hydrogens (tertiary/aromatic N) is 2. The van der Waals surface area contributed by atoms with Gasteiger partial charge in [0.25, 0.3) is 5.69 Å². The molecule has 1 aliphatic heterocycles. The quantitative estimate of drug-likeness (QED) is 0.672. The number of nitro groups is 1. The first kappa shape index (κ1) is 16.2. The molecule has 1 aromatic carbocycles. The number of piperidine rings is 1. The van der Waals surface area contributed by atoms with Crippen LogP contribution in [0.5, 0.6) is 0 Å². The summed E-state index contributed by atoms with van der Waals surface area (Å²) in [5.41, 5.74) is 5.53. The monoisotopic (exact) mass is 333 g/mol. The average Bonchev–Trinajstić information content (AvgIpc) is 2.41. The van der Waals surface area contributed by atoms with E-state index in [-0.39, 0.29) is 15.8 Å². The predicted molar refractivity (Wildman–Crippen MR) is 78.4 cm³/mol. The van der Waals surface area contributed by atoms with Gasteiger partial charge in [0, 0.05) is 12.6 Å². The van der Waals surface area contributed by atoms with Crippen molar-refractivity contribution in [3.8, 4) is 0 Å². The number of hydrogen-bond donors (Lipinski definition) is 1. The molecule has 0 saturated carbocycles. The average molecular weight is 334 g/mol. The molecular formula is C12H16ClN3O4S. The van der Waals surface area contributed by atoms with Gasteiger partial charge in [0.1, 0.15) is 5.02 Å². The van der Waals surface area contributed by atoms with Gasteiger partial charge in [-0.15, -0.1) is 0 Å². The van der Waals surface area contributed by atoms with Crippen molar-refractivity contribution in [3.63, 3.8) is 0 Å². The molecule has 2 N–H and O–H groups in total. The van der Waals surface area contributed by atoms with Crippen LogP contribution in [0.1, 0.15) is 19.8 Å². The SMILES string of the molecule is CC1CCCN(S(=O)(=O)c2ccc(Cl)c([N+](=O)[O-])c2)C1N. The van der Waals surface area contributed by atoms with Crippen LogP contribution in [-0.2, 0) is 10.0 Å². The molecule has 21 heavy (non-hydrogen) atoms. The zero-order chi connectivity index (χ0) is 15.8. The van der Waals surface area contributed by atoms with Crippen molar-refractivity contribution in [2.24, 2.45) is 11.7 Å². The first-order chi connectivity index (χ1) is 9.75. The van der Waals surface area contributed by atoms with Gasteiger partial charge in [-0.05, 0) is 30.9 Å². The van der Waals surface area contributed by atoms with Gasteiger partial charge in [0.15, 0.2) is 0 Å². The van der Waals surface area contributed by atoms with Gasteiger partial charge in [-0.2, -0.15) is 4.31 Å². The highest BCUT2D eigenvalue weighted by Crippen LogP contribution is 2.31. The third-order valence-corrected chi connectivity index (χ3v) is 5.89. The molecule has 0 aliphatic carbocycles. The van der Waals surface area contributed by atoms with E-state index in [4.69, 9.17) is 17.3 Å². The topological polar surface area (TPSA) is 107 Å². The Labute approximate surface area is 127 Å². The summed E-state index contributed by atoms with van der Waals surface area (Å²) in [6, 6.07) is 3.45. The molecule has 1 heterocycles. The lowest BCUT2D eigenvalue weighted by Gasteiger charge is -2.36. The second-order valence-corrected chi connectivity index (χ2v) is 7.39. The fourth-order valence-corrected chi connectivity index (χ4v) is 4.24. The van der Waals surface area contributed by atoms with E-state index >= 15 is 0 Å². The lowest BCUT2D eigenvalue weighted by Crippen LogP contribution is -2.52. The summed E-state index contributed by atoms with van der Waals surface area (Å²) in [6.45, 7) is 2.20. The van der Waals surface area contributed by atoms with Crippen LogP contribution in [0, 0.1) is 16.0 Å². The molecule has 0 aromatic heterocycles. The Morgan fingerprint density at radius 3 is 2.76 bits per heavy atom. The Balaban J connectivity index is 2.44. The molecule has 1 saturated heterocycles. The summed E-state index contributed by atoms with van der Waals surface area (Å²) in [5.74, 6) is 0.0378. The van der Waals surface area contributed by atoms with Crippen LogP contribution in [0.4, 0.5) is 5.69 Å². The number of sulfonamides is 1. The second kappa shape index (κ2) is 5.88. The molecule has 0 spiro atoms. The summed E-state index contributed by atoms with van der Waals surface area (Å²) >= 11 is 5.70. The maximum absolute atomic E-state index is 12.6. The van der Waals surface area contributed by atoms with Crippen LogP contribution in [0.15, 0.2) is 23.1 Å². The first-order valence-corrected chi connectivity index (χ1v) is 8.28. The van der Waals surface area contributed by atoms with E-state index < -0.39 is 26.8 Å². The number of nitro benzene ring substituents is 1. The normalized spacial score (nSPS) is 24.0. The Morgan fingerprint density at radius 2 is 2.14 bits per heavy atom. The molecule has 9 heteroatoms. The minimum absolute atomic E-state index is 0.0378. The third kappa shape index (κ3) is 3.03. The summed E-state index contributed by atoms with van der Waals surface area (Å²) in [4.78, 5) is 10.0. The Hall–Kier alpha value is -1.22. The Kier molecular flexibility index (Phi) is 4.52. The highest BCUT2D eigenvalue weighted by molar-refractivity contribution is 7.89. The number of rotatable bonds is 3. The van der Waals surface area contributed by atoms with Crippen molar-refractivity contribution < 1.29 is 13.3 Å². The van der Waals surface area contributed by atoms with Crippen molar-refractivity contribution in [2.75, 3.05) is 6.54 Å². The van der Waals surface area contributed by atoms with E-state index in [9.17, 15) is 18.5 Å². The van der Waals surface area contributed by atoms with E-state index in [0.717, 1.165) is 12.5 Å². The molecule has 0 amide bonds. The van der Waals surface area contributed by atoms with Gasteiger partial charge in [-0.25, -0.2) is 8.42 Å². The standard InChI is InChI=1S/C12H16ClN3O4S/c1-8-3-2-6-15(12(8)14)21(19,20)9-4-5-10(13)11(7-9)16(17)18/h4-5,7-8,12H,2-3,6,14H2,1H3. The van der Waals surface area contributed by atoms with Crippen LogP contribution in [0.2, 0.25) is 5.02 Å². The van der Waals surface area contributed by atoms with E-state index in [1.807, 2.05) is 6.92 Å². The molecule has 0 radical (unpaired) electrons. The van der Waals surface area contributed by atoms with E-state index in [0.29, 0.717) is 13.0 Å². The van der Waals surface area contributed by atoms with Crippen molar-refractivity contribution >= 4 is 27.3 Å². The van der Waals surface area contributed by atoms with Gasteiger partial charge in [-0.3, -0.25) is 10.1 Å². The van der Waals surface area contributed by atoms with Gasteiger partial charge < -0.3 is 5.73 Å².